The second-order valence-corrected chi connectivity index (χ2v) is 6.95. The summed E-state index contributed by atoms with van der Waals surface area (Å²) in [5.41, 5.74) is 3.63. The van der Waals surface area contributed by atoms with Gasteiger partial charge >= 0.3 is 0 Å². The Kier molecular flexibility index (Phi) is 6.72. The topological polar surface area (TPSA) is 39.7 Å². The molecule has 0 saturated heterocycles. The van der Waals surface area contributed by atoms with E-state index in [0.717, 1.165) is 30.7 Å². The molecular formula is C21H25NO3S. The minimum atomic E-state index is 0.477. The maximum atomic E-state index is 6.01. The van der Waals surface area contributed by atoms with Gasteiger partial charge < -0.3 is 19.5 Å². The van der Waals surface area contributed by atoms with Crippen molar-refractivity contribution in [3.05, 3.63) is 64.7 Å². The maximum Gasteiger partial charge on any atom is 0.203 e. The summed E-state index contributed by atoms with van der Waals surface area (Å²) in [7, 11) is 3.33. The molecule has 0 unspecified atom stereocenters. The lowest BCUT2D eigenvalue weighted by Gasteiger charge is -2.16. The number of hydrogen-bond acceptors (Lipinski definition) is 5. The summed E-state index contributed by atoms with van der Waals surface area (Å²) in [6.45, 7) is 0.477. The Morgan fingerprint density at radius 3 is 2.31 bits per heavy atom. The molecule has 2 aromatic rings. The molecule has 0 radical (unpaired) electrons. The number of nitrogens with one attached hydrogen (secondary N) is 1. The molecule has 4 nitrogen and oxygen atoms in total. The summed E-state index contributed by atoms with van der Waals surface area (Å²) in [4.78, 5) is 0. The molecule has 0 bridgehead atoms. The average molecular weight is 372 g/mol. The van der Waals surface area contributed by atoms with Gasteiger partial charge in [-0.3, -0.25) is 0 Å². The van der Waals surface area contributed by atoms with Crippen molar-refractivity contribution < 1.29 is 14.2 Å². The molecule has 1 heterocycles. The molecule has 0 aromatic heterocycles. The number of aryl methyl sites for hydroxylation is 1. The lowest BCUT2D eigenvalue weighted by atomic mass is 10.1. The molecule has 1 aliphatic rings. The molecule has 3 rings (SSSR count). The lowest BCUT2D eigenvalue weighted by molar-refractivity contribution is 0.265. The molecule has 26 heavy (non-hydrogen) atoms. The van der Waals surface area contributed by atoms with E-state index < -0.39 is 0 Å². The van der Waals surface area contributed by atoms with Crippen molar-refractivity contribution in [1.82, 2.24) is 5.32 Å². The van der Waals surface area contributed by atoms with Gasteiger partial charge in [0, 0.05) is 5.70 Å². The molecule has 0 amide bonds. The van der Waals surface area contributed by atoms with E-state index >= 15 is 0 Å². The summed E-state index contributed by atoms with van der Waals surface area (Å²) >= 11 is 1.82. The Morgan fingerprint density at radius 1 is 0.962 bits per heavy atom. The zero-order valence-corrected chi connectivity index (χ0v) is 16.1. The molecule has 0 spiro atoms. The van der Waals surface area contributed by atoms with Crippen molar-refractivity contribution in [1.29, 1.82) is 0 Å². The first kappa shape index (κ1) is 18.5. The number of ether oxygens (including phenoxy) is 3. The fourth-order valence-corrected chi connectivity index (χ4v) is 3.65. The molecule has 2 aromatic carbocycles. The van der Waals surface area contributed by atoms with Crippen LogP contribution in [0.3, 0.4) is 0 Å². The fourth-order valence-electron chi connectivity index (χ4n) is 2.90. The summed E-state index contributed by atoms with van der Waals surface area (Å²) in [5, 5.41) is 5.59. The van der Waals surface area contributed by atoms with Crippen LogP contribution in [0.4, 0.5) is 0 Å². The number of methoxy groups -OCH3 is 2. The minimum absolute atomic E-state index is 0.477. The van der Waals surface area contributed by atoms with Crippen molar-refractivity contribution in [2.24, 2.45) is 0 Å². The van der Waals surface area contributed by atoms with E-state index in [2.05, 4.69) is 10.7 Å². The van der Waals surface area contributed by atoms with Crippen LogP contribution in [0, 0.1) is 0 Å². The van der Waals surface area contributed by atoms with Crippen LogP contribution in [0.5, 0.6) is 17.2 Å². The summed E-state index contributed by atoms with van der Waals surface area (Å²) in [6, 6.07) is 14.2. The van der Waals surface area contributed by atoms with E-state index in [4.69, 9.17) is 14.2 Å². The van der Waals surface area contributed by atoms with Crippen LogP contribution in [0.25, 0.3) is 0 Å². The van der Waals surface area contributed by atoms with E-state index in [-0.39, 0.29) is 0 Å². The number of thioether (sulfide) groups is 1. The highest BCUT2D eigenvalue weighted by Gasteiger charge is 2.15. The minimum Gasteiger partial charge on any atom is -0.493 e. The van der Waals surface area contributed by atoms with Crippen LogP contribution in [0.15, 0.2) is 53.6 Å². The smallest absolute Gasteiger partial charge is 0.203 e. The van der Waals surface area contributed by atoms with E-state index in [1.807, 2.05) is 54.2 Å². The van der Waals surface area contributed by atoms with E-state index in [1.165, 1.54) is 11.3 Å². The predicted octanol–water partition coefficient (Wildman–Crippen LogP) is 4.74. The third-order valence-electron chi connectivity index (χ3n) is 4.27. The van der Waals surface area contributed by atoms with Gasteiger partial charge in [-0.15, -0.1) is 11.8 Å². The third-order valence-corrected chi connectivity index (χ3v) is 5.03. The highest BCUT2D eigenvalue weighted by Crippen LogP contribution is 2.39. The zero-order chi connectivity index (χ0) is 18.2. The highest BCUT2D eigenvalue weighted by atomic mass is 32.2. The van der Waals surface area contributed by atoms with Gasteiger partial charge in [0.2, 0.25) is 5.75 Å². The van der Waals surface area contributed by atoms with Gasteiger partial charge in [-0.05, 0) is 47.9 Å². The summed E-state index contributed by atoms with van der Waals surface area (Å²) in [6.07, 6.45) is 3.11. The van der Waals surface area contributed by atoms with Gasteiger partial charge in [0.05, 0.1) is 20.1 Å². The second kappa shape index (κ2) is 9.43. The first-order chi connectivity index (χ1) is 12.8. The number of hydrogen-bond donors (Lipinski definition) is 1. The van der Waals surface area contributed by atoms with E-state index in [9.17, 15) is 0 Å². The Labute approximate surface area is 159 Å². The molecule has 1 aliphatic heterocycles. The van der Waals surface area contributed by atoms with Crippen molar-refractivity contribution in [3.8, 4) is 17.2 Å². The normalized spacial score (nSPS) is 13.1. The summed E-state index contributed by atoms with van der Waals surface area (Å²) < 4.78 is 17.1. The quantitative estimate of drug-likeness (QED) is 0.689. The molecule has 138 valence electrons. The van der Waals surface area contributed by atoms with Crippen LogP contribution in [0.2, 0.25) is 0 Å². The van der Waals surface area contributed by atoms with Gasteiger partial charge in [0.1, 0.15) is 6.61 Å². The van der Waals surface area contributed by atoms with Crippen molar-refractivity contribution in [3.63, 3.8) is 0 Å². The monoisotopic (exact) mass is 371 g/mol. The first-order valence-corrected chi connectivity index (χ1v) is 9.81. The summed E-state index contributed by atoms with van der Waals surface area (Å²) in [5.74, 6) is 3.07. The molecule has 0 saturated carbocycles. The Hall–Kier alpha value is -2.27. The van der Waals surface area contributed by atoms with E-state index in [1.54, 1.807) is 14.2 Å². The van der Waals surface area contributed by atoms with Crippen LogP contribution in [0.1, 0.15) is 24.0 Å². The largest absolute Gasteiger partial charge is 0.493 e. The number of allylic oxidation sites excluding steroid dienone is 1. The maximum absolute atomic E-state index is 6.01. The Bertz CT molecular complexity index is 721. The van der Waals surface area contributed by atoms with Crippen LogP contribution < -0.4 is 19.5 Å². The van der Waals surface area contributed by atoms with Gasteiger partial charge in [-0.1, -0.05) is 30.3 Å². The molecule has 1 N–H and O–H groups in total. The molecule has 0 fully saturated rings. The van der Waals surface area contributed by atoms with Gasteiger partial charge in [-0.2, -0.15) is 0 Å². The average Bonchev–Trinajstić information content (AvgIpc) is 3.20. The standard InChI is InChI=1S/C21H25NO3S/c1-23-19-11-17(9-6-10-18-14-26-15-22-18)12-20(24-2)21(19)25-13-16-7-4-3-5-8-16/h3-5,7-8,11-12,14,22H,6,9-10,13,15H2,1-2H3. The van der Waals surface area contributed by atoms with Crippen molar-refractivity contribution in [2.75, 3.05) is 20.1 Å². The van der Waals surface area contributed by atoms with E-state index in [0.29, 0.717) is 23.9 Å². The number of benzene rings is 2. The Morgan fingerprint density at radius 2 is 1.69 bits per heavy atom. The van der Waals surface area contributed by atoms with Crippen LogP contribution >= 0.6 is 11.8 Å². The Balaban J connectivity index is 1.68. The molecular weight excluding hydrogens is 346 g/mol. The predicted molar refractivity (Wildman–Crippen MR) is 107 cm³/mol. The highest BCUT2D eigenvalue weighted by molar-refractivity contribution is 8.02. The van der Waals surface area contributed by atoms with Crippen molar-refractivity contribution in [2.45, 2.75) is 25.9 Å². The first-order valence-electron chi connectivity index (χ1n) is 8.76. The van der Waals surface area contributed by atoms with Gasteiger partial charge in [0.25, 0.3) is 0 Å². The zero-order valence-electron chi connectivity index (χ0n) is 15.3. The third kappa shape index (κ3) is 4.88. The fraction of sp³-hybridized carbons (Fsp3) is 0.333. The number of rotatable bonds is 9. The van der Waals surface area contributed by atoms with Crippen LogP contribution in [-0.2, 0) is 13.0 Å². The van der Waals surface area contributed by atoms with Gasteiger partial charge in [-0.25, -0.2) is 0 Å². The second-order valence-electron chi connectivity index (χ2n) is 6.09. The molecule has 0 aliphatic carbocycles. The SMILES string of the molecule is COc1cc(CCCC2=CSCN2)cc(OC)c1OCc1ccccc1. The lowest BCUT2D eigenvalue weighted by Crippen LogP contribution is -2.06. The molecule has 0 atom stereocenters. The van der Waals surface area contributed by atoms with Gasteiger partial charge in [0.15, 0.2) is 11.5 Å². The van der Waals surface area contributed by atoms with Crippen LogP contribution in [-0.4, -0.2) is 20.1 Å². The molecule has 5 heteroatoms. The van der Waals surface area contributed by atoms with Crippen molar-refractivity contribution >= 4 is 11.8 Å².